The van der Waals surface area contributed by atoms with Gasteiger partial charge in [0.2, 0.25) is 0 Å². The van der Waals surface area contributed by atoms with Crippen LogP contribution in [0.15, 0.2) is 48.5 Å². The summed E-state index contributed by atoms with van der Waals surface area (Å²) >= 11 is 0. The number of carbonyl (C=O) groups is 1. The summed E-state index contributed by atoms with van der Waals surface area (Å²) in [6.07, 6.45) is 0. The van der Waals surface area contributed by atoms with Crippen LogP contribution in [-0.2, 0) is 6.61 Å². The van der Waals surface area contributed by atoms with Crippen LogP contribution in [0, 0.1) is 0 Å². The molecule has 92 valence electrons. The Bertz CT molecular complexity index is 561. The average molecular weight is 242 g/mol. The number of benzene rings is 2. The van der Waals surface area contributed by atoms with Crippen LogP contribution < -0.4 is 4.74 Å². The Morgan fingerprint density at radius 3 is 2.50 bits per heavy atom. The molecule has 0 saturated carbocycles. The van der Waals surface area contributed by atoms with E-state index in [4.69, 9.17) is 4.74 Å². The van der Waals surface area contributed by atoms with E-state index in [-0.39, 0.29) is 18.1 Å². The number of hydrogen-bond acceptors (Lipinski definition) is 3. The van der Waals surface area contributed by atoms with Crippen molar-refractivity contribution in [3.8, 4) is 11.5 Å². The number of para-hydroxylation sites is 2. The molecule has 2 rings (SSSR count). The fourth-order valence-corrected chi connectivity index (χ4v) is 1.67. The van der Waals surface area contributed by atoms with Gasteiger partial charge in [0.15, 0.2) is 5.78 Å². The van der Waals surface area contributed by atoms with Crippen molar-refractivity contribution in [1.82, 2.24) is 0 Å². The predicted molar refractivity (Wildman–Crippen MR) is 68.9 cm³/mol. The van der Waals surface area contributed by atoms with Crippen LogP contribution in [0.3, 0.4) is 0 Å². The molecule has 0 heterocycles. The number of carbonyl (C=O) groups excluding carboxylic acids is 1. The van der Waals surface area contributed by atoms with Gasteiger partial charge in [-0.25, -0.2) is 0 Å². The second kappa shape index (κ2) is 5.36. The first kappa shape index (κ1) is 12.2. The molecule has 0 fully saturated rings. The second-order valence-corrected chi connectivity index (χ2v) is 3.97. The quantitative estimate of drug-likeness (QED) is 0.837. The molecule has 0 bridgehead atoms. The van der Waals surface area contributed by atoms with Crippen molar-refractivity contribution in [2.24, 2.45) is 0 Å². The van der Waals surface area contributed by atoms with Crippen LogP contribution in [0.4, 0.5) is 0 Å². The van der Waals surface area contributed by atoms with Gasteiger partial charge in [-0.05, 0) is 25.1 Å². The van der Waals surface area contributed by atoms with Gasteiger partial charge >= 0.3 is 0 Å². The number of phenols is 1. The summed E-state index contributed by atoms with van der Waals surface area (Å²) in [6.45, 7) is 1.74. The molecule has 2 aromatic carbocycles. The number of phenolic OH excluding ortho intramolecular Hbond substituents is 1. The van der Waals surface area contributed by atoms with Gasteiger partial charge in [-0.1, -0.05) is 30.3 Å². The van der Waals surface area contributed by atoms with E-state index in [1.54, 1.807) is 36.4 Å². The lowest BCUT2D eigenvalue weighted by Crippen LogP contribution is -2.01. The summed E-state index contributed by atoms with van der Waals surface area (Å²) in [6, 6.07) is 14.0. The molecule has 3 heteroatoms. The lowest BCUT2D eigenvalue weighted by Gasteiger charge is -2.10. The maximum absolute atomic E-state index is 11.4. The zero-order valence-electron chi connectivity index (χ0n) is 10.1. The van der Waals surface area contributed by atoms with Crippen LogP contribution in [0.1, 0.15) is 22.8 Å². The van der Waals surface area contributed by atoms with Crippen LogP contribution in [0.25, 0.3) is 0 Å². The second-order valence-electron chi connectivity index (χ2n) is 3.97. The van der Waals surface area contributed by atoms with E-state index in [9.17, 15) is 9.90 Å². The van der Waals surface area contributed by atoms with E-state index in [1.165, 1.54) is 6.92 Å². The molecular formula is C15H14O3. The van der Waals surface area contributed by atoms with E-state index in [0.717, 1.165) is 0 Å². The van der Waals surface area contributed by atoms with E-state index in [0.29, 0.717) is 16.9 Å². The Hall–Kier alpha value is -2.29. The first-order valence-electron chi connectivity index (χ1n) is 5.68. The average Bonchev–Trinajstić information content (AvgIpc) is 2.38. The summed E-state index contributed by atoms with van der Waals surface area (Å²) in [5.41, 5.74) is 1.24. The molecule has 0 aliphatic carbocycles. The van der Waals surface area contributed by atoms with Crippen molar-refractivity contribution in [1.29, 1.82) is 0 Å². The summed E-state index contributed by atoms with van der Waals surface area (Å²) in [7, 11) is 0. The molecule has 0 radical (unpaired) electrons. The SMILES string of the molecule is CC(=O)c1ccccc1OCc1ccccc1O. The zero-order chi connectivity index (χ0) is 13.0. The minimum atomic E-state index is -0.0390. The minimum Gasteiger partial charge on any atom is -0.508 e. The number of Topliss-reactive ketones (excluding diaryl/α,β-unsaturated/α-hetero) is 1. The van der Waals surface area contributed by atoms with Crippen molar-refractivity contribution >= 4 is 5.78 Å². The van der Waals surface area contributed by atoms with Crippen molar-refractivity contribution in [2.45, 2.75) is 13.5 Å². The van der Waals surface area contributed by atoms with Gasteiger partial charge < -0.3 is 9.84 Å². The Kier molecular flexibility index (Phi) is 3.63. The van der Waals surface area contributed by atoms with E-state index >= 15 is 0 Å². The monoisotopic (exact) mass is 242 g/mol. The third-order valence-corrected chi connectivity index (χ3v) is 2.64. The van der Waals surface area contributed by atoms with Gasteiger partial charge in [0, 0.05) is 5.56 Å². The van der Waals surface area contributed by atoms with Crippen molar-refractivity contribution in [3.63, 3.8) is 0 Å². The van der Waals surface area contributed by atoms with Crippen LogP contribution >= 0.6 is 0 Å². The van der Waals surface area contributed by atoms with Crippen molar-refractivity contribution in [2.75, 3.05) is 0 Å². The predicted octanol–water partition coefficient (Wildman–Crippen LogP) is 3.17. The van der Waals surface area contributed by atoms with Crippen LogP contribution in [-0.4, -0.2) is 10.9 Å². The highest BCUT2D eigenvalue weighted by Crippen LogP contribution is 2.22. The van der Waals surface area contributed by atoms with Crippen LogP contribution in [0.5, 0.6) is 11.5 Å². The molecule has 2 aromatic rings. The van der Waals surface area contributed by atoms with Gasteiger partial charge in [-0.15, -0.1) is 0 Å². The Morgan fingerprint density at radius 2 is 1.78 bits per heavy atom. The Morgan fingerprint density at radius 1 is 1.11 bits per heavy atom. The number of ether oxygens (including phenoxy) is 1. The summed E-state index contributed by atoms with van der Waals surface area (Å²) < 4.78 is 5.58. The van der Waals surface area contributed by atoms with Gasteiger partial charge in [0.05, 0.1) is 5.56 Å². The molecule has 0 aromatic heterocycles. The smallest absolute Gasteiger partial charge is 0.163 e. The highest BCUT2D eigenvalue weighted by molar-refractivity contribution is 5.96. The molecule has 0 saturated heterocycles. The van der Waals surface area contributed by atoms with Gasteiger partial charge in [0.25, 0.3) is 0 Å². The normalized spacial score (nSPS) is 10.1. The molecule has 0 aliphatic heterocycles. The number of aromatic hydroxyl groups is 1. The molecule has 0 unspecified atom stereocenters. The summed E-state index contributed by atoms with van der Waals surface area (Å²) in [4.78, 5) is 11.4. The maximum atomic E-state index is 11.4. The van der Waals surface area contributed by atoms with Gasteiger partial charge in [0.1, 0.15) is 18.1 Å². The largest absolute Gasteiger partial charge is 0.508 e. The van der Waals surface area contributed by atoms with Crippen molar-refractivity contribution < 1.29 is 14.6 Å². The molecule has 18 heavy (non-hydrogen) atoms. The maximum Gasteiger partial charge on any atom is 0.163 e. The number of rotatable bonds is 4. The minimum absolute atomic E-state index is 0.0390. The summed E-state index contributed by atoms with van der Waals surface area (Å²) in [5.74, 6) is 0.689. The highest BCUT2D eigenvalue weighted by atomic mass is 16.5. The molecule has 0 spiro atoms. The van der Waals surface area contributed by atoms with Gasteiger partial charge in [-0.2, -0.15) is 0 Å². The fourth-order valence-electron chi connectivity index (χ4n) is 1.67. The van der Waals surface area contributed by atoms with E-state index < -0.39 is 0 Å². The lowest BCUT2D eigenvalue weighted by atomic mass is 10.1. The third kappa shape index (κ3) is 2.69. The first-order valence-corrected chi connectivity index (χ1v) is 5.68. The lowest BCUT2D eigenvalue weighted by molar-refractivity contribution is 0.101. The zero-order valence-corrected chi connectivity index (χ0v) is 10.1. The molecule has 3 nitrogen and oxygen atoms in total. The molecule has 1 N–H and O–H groups in total. The summed E-state index contributed by atoms with van der Waals surface area (Å²) in [5, 5.41) is 9.62. The molecule has 0 aliphatic rings. The third-order valence-electron chi connectivity index (χ3n) is 2.64. The van der Waals surface area contributed by atoms with Crippen molar-refractivity contribution in [3.05, 3.63) is 59.7 Å². The highest BCUT2D eigenvalue weighted by Gasteiger charge is 2.08. The molecular weight excluding hydrogens is 228 g/mol. The van der Waals surface area contributed by atoms with E-state index in [2.05, 4.69) is 0 Å². The number of ketones is 1. The first-order chi connectivity index (χ1) is 8.68. The van der Waals surface area contributed by atoms with E-state index in [1.807, 2.05) is 12.1 Å². The number of hydrogen-bond donors (Lipinski definition) is 1. The standard InChI is InChI=1S/C15H14O3/c1-11(16)13-7-3-5-9-15(13)18-10-12-6-2-4-8-14(12)17/h2-9,17H,10H2,1H3. The Balaban J connectivity index is 2.16. The van der Waals surface area contributed by atoms with Gasteiger partial charge in [-0.3, -0.25) is 4.79 Å². The Labute approximate surface area is 106 Å². The molecule has 0 atom stereocenters. The molecule has 0 amide bonds. The fraction of sp³-hybridized carbons (Fsp3) is 0.133. The van der Waals surface area contributed by atoms with Crippen LogP contribution in [0.2, 0.25) is 0 Å². The topological polar surface area (TPSA) is 46.5 Å².